The lowest BCUT2D eigenvalue weighted by atomic mass is 10.1. The topological polar surface area (TPSA) is 12.5 Å². The minimum Gasteiger partial charge on any atom is -0.377 e. The van der Waals surface area contributed by atoms with Gasteiger partial charge < -0.3 is 9.64 Å². The van der Waals surface area contributed by atoms with E-state index in [9.17, 15) is 4.39 Å². The number of nitrogens with zero attached hydrogens (tertiary/aromatic N) is 1. The van der Waals surface area contributed by atoms with Gasteiger partial charge in [0.15, 0.2) is 0 Å². The molecule has 1 aromatic rings. The molecule has 17 heavy (non-hydrogen) atoms. The van der Waals surface area contributed by atoms with E-state index in [0.717, 1.165) is 5.69 Å². The van der Waals surface area contributed by atoms with Gasteiger partial charge in [-0.1, -0.05) is 6.07 Å². The lowest BCUT2D eigenvalue weighted by molar-refractivity contribution is 0.0846. The van der Waals surface area contributed by atoms with Gasteiger partial charge in [0, 0.05) is 24.8 Å². The maximum atomic E-state index is 13.5. The first-order valence-electron chi connectivity index (χ1n) is 5.72. The van der Waals surface area contributed by atoms with Crippen LogP contribution in [-0.4, -0.2) is 26.3 Å². The van der Waals surface area contributed by atoms with Gasteiger partial charge in [-0.3, -0.25) is 0 Å². The van der Waals surface area contributed by atoms with Crippen LogP contribution >= 0.6 is 11.6 Å². The second-order valence-corrected chi connectivity index (χ2v) is 4.48. The molecule has 96 valence electrons. The van der Waals surface area contributed by atoms with Crippen molar-refractivity contribution in [3.63, 3.8) is 0 Å². The monoisotopic (exact) mass is 259 g/mol. The molecule has 4 heteroatoms. The largest absolute Gasteiger partial charge is 0.377 e. The first-order valence-corrected chi connectivity index (χ1v) is 6.25. The molecule has 0 aliphatic rings. The molecular weight excluding hydrogens is 241 g/mol. The maximum Gasteiger partial charge on any atom is 0.129 e. The second-order valence-electron chi connectivity index (χ2n) is 4.21. The van der Waals surface area contributed by atoms with Crippen LogP contribution in [-0.2, 0) is 10.6 Å². The van der Waals surface area contributed by atoms with Gasteiger partial charge in [0.25, 0.3) is 0 Å². The Morgan fingerprint density at radius 2 is 2.12 bits per heavy atom. The Kier molecular flexibility index (Phi) is 5.72. The zero-order chi connectivity index (χ0) is 12.8. The third-order valence-corrected chi connectivity index (χ3v) is 2.78. The van der Waals surface area contributed by atoms with E-state index < -0.39 is 0 Å². The second kappa shape index (κ2) is 6.82. The highest BCUT2D eigenvalue weighted by molar-refractivity contribution is 6.17. The van der Waals surface area contributed by atoms with Gasteiger partial charge in [-0.05, 0) is 26.0 Å². The SMILES string of the molecule is CC(C)OCCN(C)c1cccc(F)c1CCl. The molecule has 0 N–H and O–H groups in total. The average Bonchev–Trinajstić information content (AvgIpc) is 2.28. The Morgan fingerprint density at radius 3 is 2.71 bits per heavy atom. The predicted octanol–water partition coefficient (Wildman–Crippen LogP) is 3.43. The van der Waals surface area contributed by atoms with Crippen LogP contribution in [0.25, 0.3) is 0 Å². The number of likely N-dealkylation sites (N-methyl/N-ethyl adjacent to an activating group) is 1. The third-order valence-electron chi connectivity index (χ3n) is 2.52. The van der Waals surface area contributed by atoms with Crippen LogP contribution < -0.4 is 4.90 Å². The van der Waals surface area contributed by atoms with Gasteiger partial charge >= 0.3 is 0 Å². The minimum absolute atomic E-state index is 0.178. The molecule has 2 nitrogen and oxygen atoms in total. The fraction of sp³-hybridized carbons (Fsp3) is 0.538. The summed E-state index contributed by atoms with van der Waals surface area (Å²) in [6.07, 6.45) is 0.211. The summed E-state index contributed by atoms with van der Waals surface area (Å²) in [5.41, 5.74) is 1.37. The summed E-state index contributed by atoms with van der Waals surface area (Å²) in [7, 11) is 1.91. The van der Waals surface area contributed by atoms with Crippen molar-refractivity contribution in [3.05, 3.63) is 29.6 Å². The number of hydrogen-bond donors (Lipinski definition) is 0. The molecule has 0 atom stereocenters. The lowest BCUT2D eigenvalue weighted by Crippen LogP contribution is -2.25. The van der Waals surface area contributed by atoms with Crippen molar-refractivity contribution in [1.29, 1.82) is 0 Å². The van der Waals surface area contributed by atoms with Gasteiger partial charge in [0.1, 0.15) is 5.82 Å². The molecule has 0 saturated carbocycles. The molecule has 0 saturated heterocycles. The van der Waals surface area contributed by atoms with Crippen LogP contribution in [0.3, 0.4) is 0 Å². The van der Waals surface area contributed by atoms with Crippen molar-refractivity contribution >= 4 is 17.3 Å². The molecule has 0 unspecified atom stereocenters. The van der Waals surface area contributed by atoms with Crippen LogP contribution in [0.2, 0.25) is 0 Å². The Balaban J connectivity index is 2.68. The third kappa shape index (κ3) is 4.17. The number of benzene rings is 1. The Morgan fingerprint density at radius 1 is 1.41 bits per heavy atom. The molecule has 0 spiro atoms. The summed E-state index contributed by atoms with van der Waals surface area (Å²) in [5.74, 6) is -0.0775. The summed E-state index contributed by atoms with van der Waals surface area (Å²) in [6, 6.07) is 5.00. The van der Waals surface area contributed by atoms with Gasteiger partial charge in [-0.2, -0.15) is 0 Å². The van der Waals surface area contributed by atoms with E-state index >= 15 is 0 Å². The average molecular weight is 260 g/mol. The highest BCUT2D eigenvalue weighted by Crippen LogP contribution is 2.23. The fourth-order valence-corrected chi connectivity index (χ4v) is 1.85. The van der Waals surface area contributed by atoms with E-state index in [4.69, 9.17) is 16.3 Å². The van der Waals surface area contributed by atoms with Crippen LogP contribution in [0.4, 0.5) is 10.1 Å². The lowest BCUT2D eigenvalue weighted by Gasteiger charge is -2.22. The summed E-state index contributed by atoms with van der Waals surface area (Å²) in [5, 5.41) is 0. The van der Waals surface area contributed by atoms with Gasteiger partial charge in [-0.15, -0.1) is 11.6 Å². The van der Waals surface area contributed by atoms with Crippen LogP contribution in [0, 0.1) is 5.82 Å². The van der Waals surface area contributed by atoms with E-state index in [1.54, 1.807) is 6.07 Å². The number of alkyl halides is 1. The molecule has 0 aromatic heterocycles. The van der Waals surface area contributed by atoms with Crippen molar-refractivity contribution < 1.29 is 9.13 Å². The predicted molar refractivity (Wildman–Crippen MR) is 70.3 cm³/mol. The van der Waals surface area contributed by atoms with Gasteiger partial charge in [-0.25, -0.2) is 4.39 Å². The molecular formula is C13H19ClFNO. The van der Waals surface area contributed by atoms with Crippen LogP contribution in [0.15, 0.2) is 18.2 Å². The van der Waals surface area contributed by atoms with Crippen molar-refractivity contribution in [1.82, 2.24) is 0 Å². The highest BCUT2D eigenvalue weighted by Gasteiger charge is 2.10. The molecule has 0 fully saturated rings. The number of hydrogen-bond acceptors (Lipinski definition) is 2. The normalized spacial score (nSPS) is 10.9. The van der Waals surface area contributed by atoms with E-state index in [1.807, 2.05) is 31.9 Å². The standard InChI is InChI=1S/C13H19ClFNO/c1-10(2)17-8-7-16(3)13-6-4-5-12(15)11(13)9-14/h4-6,10H,7-9H2,1-3H3. The molecule has 0 aliphatic heterocycles. The Labute approximate surface area is 107 Å². The number of rotatable bonds is 6. The Bertz CT molecular complexity index is 357. The van der Waals surface area contributed by atoms with E-state index in [1.165, 1.54) is 6.07 Å². The van der Waals surface area contributed by atoms with Crippen molar-refractivity contribution in [2.45, 2.75) is 25.8 Å². The van der Waals surface area contributed by atoms with Crippen molar-refractivity contribution in [3.8, 4) is 0 Å². The smallest absolute Gasteiger partial charge is 0.129 e. The number of halogens is 2. The summed E-state index contributed by atoms with van der Waals surface area (Å²) in [6.45, 7) is 5.32. The van der Waals surface area contributed by atoms with E-state index in [0.29, 0.717) is 18.7 Å². The quantitative estimate of drug-likeness (QED) is 0.726. The van der Waals surface area contributed by atoms with Crippen LogP contribution in [0.1, 0.15) is 19.4 Å². The number of anilines is 1. The highest BCUT2D eigenvalue weighted by atomic mass is 35.5. The molecule has 0 heterocycles. The van der Waals surface area contributed by atoms with E-state index in [-0.39, 0.29) is 17.8 Å². The zero-order valence-electron chi connectivity index (χ0n) is 10.5. The summed E-state index contributed by atoms with van der Waals surface area (Å²) >= 11 is 5.77. The first kappa shape index (κ1) is 14.3. The molecule has 0 aliphatic carbocycles. The first-order chi connectivity index (χ1) is 8.06. The maximum absolute atomic E-state index is 13.5. The summed E-state index contributed by atoms with van der Waals surface area (Å²) in [4.78, 5) is 1.96. The van der Waals surface area contributed by atoms with Crippen LogP contribution in [0.5, 0.6) is 0 Å². The summed E-state index contributed by atoms with van der Waals surface area (Å²) < 4.78 is 19.0. The fourth-order valence-electron chi connectivity index (χ4n) is 1.58. The van der Waals surface area contributed by atoms with Crippen molar-refractivity contribution in [2.75, 3.05) is 25.1 Å². The number of ether oxygens (including phenoxy) is 1. The van der Waals surface area contributed by atoms with Gasteiger partial charge in [0.05, 0.1) is 18.6 Å². The minimum atomic E-state index is -0.255. The zero-order valence-corrected chi connectivity index (χ0v) is 11.3. The Hall–Kier alpha value is -0.800. The molecule has 1 rings (SSSR count). The van der Waals surface area contributed by atoms with Gasteiger partial charge in [0.2, 0.25) is 0 Å². The molecule has 0 amide bonds. The molecule has 0 bridgehead atoms. The van der Waals surface area contributed by atoms with Crippen molar-refractivity contribution in [2.24, 2.45) is 0 Å². The molecule has 0 radical (unpaired) electrons. The molecule has 1 aromatic carbocycles. The van der Waals surface area contributed by atoms with E-state index in [2.05, 4.69) is 0 Å².